The molecule has 5 rings (SSSR count). The first kappa shape index (κ1) is 18.2. The third-order valence-electron chi connectivity index (χ3n) is 9.61. The van der Waals surface area contributed by atoms with Crippen molar-refractivity contribution in [1.82, 2.24) is 0 Å². The Kier molecular flexibility index (Phi) is 4.24. The lowest BCUT2D eigenvalue weighted by molar-refractivity contribution is -0.159. The number of carbonyl (C=O) groups excluding carboxylic acids is 1. The van der Waals surface area contributed by atoms with E-state index in [1.807, 2.05) is 6.08 Å². The van der Waals surface area contributed by atoms with E-state index in [1.54, 1.807) is 0 Å². The number of allylic oxidation sites excluding steroid dienone is 1. The molecule has 7 atom stereocenters. The first-order valence-electron chi connectivity index (χ1n) is 11.6. The summed E-state index contributed by atoms with van der Waals surface area (Å²) in [6, 6.07) is 0. The molecule has 0 unspecified atom stereocenters. The zero-order valence-electron chi connectivity index (χ0n) is 17.3. The highest BCUT2D eigenvalue weighted by Crippen LogP contribution is 2.69. The van der Waals surface area contributed by atoms with Gasteiger partial charge < -0.3 is 4.74 Å². The lowest BCUT2D eigenvalue weighted by Crippen LogP contribution is -2.58. The van der Waals surface area contributed by atoms with Gasteiger partial charge in [-0.3, -0.25) is 4.79 Å². The van der Waals surface area contributed by atoms with Crippen LogP contribution in [-0.4, -0.2) is 18.0 Å². The molecule has 0 aromatic carbocycles. The molecule has 1 spiro atoms. The highest BCUT2D eigenvalue weighted by Gasteiger charge is 2.66. The van der Waals surface area contributed by atoms with Crippen LogP contribution in [0.1, 0.15) is 78.1 Å². The lowest BCUT2D eigenvalue weighted by Gasteiger charge is -2.60. The van der Waals surface area contributed by atoms with Crippen molar-refractivity contribution in [1.29, 1.82) is 0 Å². The molecular formula is C25H36O2. The Morgan fingerprint density at radius 1 is 1.22 bits per heavy atom. The minimum absolute atomic E-state index is 0.0487. The van der Waals surface area contributed by atoms with Crippen LogP contribution < -0.4 is 0 Å². The Morgan fingerprint density at radius 3 is 2.85 bits per heavy atom. The van der Waals surface area contributed by atoms with Gasteiger partial charge in [0.15, 0.2) is 5.78 Å². The van der Waals surface area contributed by atoms with Gasteiger partial charge >= 0.3 is 0 Å². The Bertz CT molecular complexity index is 690. The van der Waals surface area contributed by atoms with Gasteiger partial charge in [0.05, 0.1) is 5.60 Å². The summed E-state index contributed by atoms with van der Waals surface area (Å²) in [5.41, 5.74) is 3.11. The number of ether oxygens (including phenoxy) is 1. The highest BCUT2D eigenvalue weighted by molar-refractivity contribution is 5.91. The predicted molar refractivity (Wildman–Crippen MR) is 108 cm³/mol. The number of fused-ring (bicyclic) bond motifs is 6. The van der Waals surface area contributed by atoms with Crippen LogP contribution in [0.2, 0.25) is 0 Å². The van der Waals surface area contributed by atoms with Crippen LogP contribution in [0.5, 0.6) is 0 Å². The van der Waals surface area contributed by atoms with Crippen molar-refractivity contribution in [3.05, 3.63) is 23.8 Å². The standard InChI is InChI=1S/C25H36O2/c1-4-17-15-24(3)22(11-12-25(24)16(2)6-5-13-27-25)21-9-7-18-14-19(26)8-10-20(18)23(17)21/h14,17,20-23H,2,4-13,15H2,1,3H3/t17-,20-,21-,22-,23+,24-,25+/m0/s1. The van der Waals surface area contributed by atoms with E-state index in [4.69, 9.17) is 4.74 Å². The summed E-state index contributed by atoms with van der Waals surface area (Å²) >= 11 is 0. The van der Waals surface area contributed by atoms with Gasteiger partial charge in [0.1, 0.15) is 0 Å². The molecule has 0 aromatic heterocycles. The molecule has 1 aliphatic heterocycles. The van der Waals surface area contributed by atoms with E-state index in [0.29, 0.717) is 11.7 Å². The molecule has 4 aliphatic carbocycles. The Hall–Kier alpha value is -0.890. The topological polar surface area (TPSA) is 26.3 Å². The Labute approximate surface area is 164 Å². The predicted octanol–water partition coefficient (Wildman–Crippen LogP) is 5.87. The largest absolute Gasteiger partial charge is 0.370 e. The van der Waals surface area contributed by atoms with Gasteiger partial charge in [-0.2, -0.15) is 0 Å². The molecule has 0 N–H and O–H groups in total. The summed E-state index contributed by atoms with van der Waals surface area (Å²) in [6.07, 6.45) is 13.8. The second kappa shape index (κ2) is 6.31. The molecule has 1 saturated heterocycles. The first-order valence-corrected chi connectivity index (χ1v) is 11.6. The molecule has 27 heavy (non-hydrogen) atoms. The molecule has 2 nitrogen and oxygen atoms in total. The molecule has 1 heterocycles. The van der Waals surface area contributed by atoms with Gasteiger partial charge in [0.2, 0.25) is 0 Å². The van der Waals surface area contributed by atoms with Crippen LogP contribution in [0.4, 0.5) is 0 Å². The van der Waals surface area contributed by atoms with Crippen LogP contribution in [0.3, 0.4) is 0 Å². The van der Waals surface area contributed by atoms with E-state index in [0.717, 1.165) is 62.4 Å². The molecule has 0 radical (unpaired) electrons. The molecule has 148 valence electrons. The van der Waals surface area contributed by atoms with Gasteiger partial charge in [-0.25, -0.2) is 0 Å². The number of hydrogen-bond donors (Lipinski definition) is 0. The third kappa shape index (κ3) is 2.38. The normalized spacial score (nSPS) is 49.4. The highest BCUT2D eigenvalue weighted by atomic mass is 16.5. The minimum atomic E-state index is -0.0487. The number of ketones is 1. The van der Waals surface area contributed by atoms with Crippen molar-refractivity contribution in [2.75, 3.05) is 6.61 Å². The van der Waals surface area contributed by atoms with Crippen LogP contribution >= 0.6 is 0 Å². The third-order valence-corrected chi connectivity index (χ3v) is 9.61. The first-order chi connectivity index (χ1) is 13.0. The maximum absolute atomic E-state index is 12.0. The molecule has 3 saturated carbocycles. The van der Waals surface area contributed by atoms with Crippen LogP contribution in [0.25, 0.3) is 0 Å². The van der Waals surface area contributed by atoms with E-state index in [9.17, 15) is 4.79 Å². The molecule has 0 bridgehead atoms. The Morgan fingerprint density at radius 2 is 2.07 bits per heavy atom. The van der Waals surface area contributed by atoms with Crippen LogP contribution in [-0.2, 0) is 9.53 Å². The number of carbonyl (C=O) groups is 1. The maximum Gasteiger partial charge on any atom is 0.155 e. The maximum atomic E-state index is 12.0. The van der Waals surface area contributed by atoms with Gasteiger partial charge in [-0.15, -0.1) is 0 Å². The van der Waals surface area contributed by atoms with Crippen LogP contribution in [0.15, 0.2) is 23.8 Å². The van der Waals surface area contributed by atoms with Crippen molar-refractivity contribution in [3.63, 3.8) is 0 Å². The van der Waals surface area contributed by atoms with Crippen LogP contribution in [0, 0.1) is 35.0 Å². The van der Waals surface area contributed by atoms with E-state index in [1.165, 1.54) is 43.3 Å². The molecule has 0 amide bonds. The van der Waals surface area contributed by atoms with Crippen molar-refractivity contribution in [2.45, 2.75) is 83.7 Å². The second-order valence-corrected chi connectivity index (χ2v) is 10.4. The average Bonchev–Trinajstić information content (AvgIpc) is 2.96. The summed E-state index contributed by atoms with van der Waals surface area (Å²) in [6.45, 7) is 10.4. The van der Waals surface area contributed by atoms with Gasteiger partial charge in [0.25, 0.3) is 0 Å². The Balaban J connectivity index is 1.53. The molecule has 4 fully saturated rings. The summed E-state index contributed by atoms with van der Waals surface area (Å²) in [4.78, 5) is 12.0. The number of rotatable bonds is 1. The zero-order valence-corrected chi connectivity index (χ0v) is 17.3. The summed E-state index contributed by atoms with van der Waals surface area (Å²) in [5.74, 6) is 4.23. The fraction of sp³-hybridized carbons (Fsp3) is 0.800. The lowest BCUT2D eigenvalue weighted by atomic mass is 9.46. The number of hydrogen-bond acceptors (Lipinski definition) is 2. The second-order valence-electron chi connectivity index (χ2n) is 10.4. The van der Waals surface area contributed by atoms with Gasteiger partial charge in [-0.05, 0) is 92.6 Å². The van der Waals surface area contributed by atoms with Gasteiger partial charge in [-0.1, -0.05) is 32.4 Å². The SMILES string of the molecule is C=C1CCCO[C@]12CC[C@H]1[C@@H]3CCC4=CC(=O)CC[C@@H]4[C@H]3[C@@H](CC)C[C@@]12C. The summed E-state index contributed by atoms with van der Waals surface area (Å²) in [5, 5.41) is 0. The molecule has 5 aliphatic rings. The van der Waals surface area contributed by atoms with E-state index >= 15 is 0 Å². The fourth-order valence-electron chi connectivity index (χ4n) is 8.55. The summed E-state index contributed by atoms with van der Waals surface area (Å²) in [7, 11) is 0. The van der Waals surface area contributed by atoms with Crippen molar-refractivity contribution >= 4 is 5.78 Å². The zero-order chi connectivity index (χ0) is 18.8. The molecule has 2 heteroatoms. The van der Waals surface area contributed by atoms with E-state index in [2.05, 4.69) is 20.4 Å². The van der Waals surface area contributed by atoms with Crippen molar-refractivity contribution < 1.29 is 9.53 Å². The summed E-state index contributed by atoms with van der Waals surface area (Å²) < 4.78 is 6.65. The van der Waals surface area contributed by atoms with E-state index in [-0.39, 0.29) is 11.0 Å². The van der Waals surface area contributed by atoms with Crippen molar-refractivity contribution in [3.8, 4) is 0 Å². The minimum Gasteiger partial charge on any atom is -0.370 e. The molecular weight excluding hydrogens is 332 g/mol. The smallest absolute Gasteiger partial charge is 0.155 e. The van der Waals surface area contributed by atoms with Gasteiger partial charge in [0, 0.05) is 18.4 Å². The van der Waals surface area contributed by atoms with Crippen molar-refractivity contribution in [2.24, 2.45) is 35.0 Å². The van der Waals surface area contributed by atoms with E-state index < -0.39 is 0 Å². The monoisotopic (exact) mass is 368 g/mol. The quantitative estimate of drug-likeness (QED) is 0.541. The average molecular weight is 369 g/mol. The molecule has 0 aromatic rings. The fourth-order valence-corrected chi connectivity index (χ4v) is 8.55.